The van der Waals surface area contributed by atoms with Crippen LogP contribution >= 0.6 is 23.1 Å². The molecule has 4 rings (SSSR count). The quantitative estimate of drug-likeness (QED) is 0.268. The van der Waals surface area contributed by atoms with Gasteiger partial charge in [-0.2, -0.15) is 0 Å². The number of likely N-dealkylation sites (tertiary alicyclic amines) is 1. The molecule has 1 aromatic carbocycles. The van der Waals surface area contributed by atoms with E-state index in [0.717, 1.165) is 34.2 Å². The number of pyridine rings is 1. The van der Waals surface area contributed by atoms with Crippen LogP contribution in [0.4, 0.5) is 0 Å². The van der Waals surface area contributed by atoms with Gasteiger partial charge < -0.3 is 15.0 Å². The van der Waals surface area contributed by atoms with E-state index in [1.165, 1.54) is 23.1 Å². The highest BCUT2D eigenvalue weighted by atomic mass is 32.2. The Morgan fingerprint density at radius 3 is 2.84 bits per heavy atom. The maximum absolute atomic E-state index is 13.2. The third-order valence-electron chi connectivity index (χ3n) is 6.18. The molecule has 0 aliphatic carbocycles. The second-order valence-electron chi connectivity index (χ2n) is 8.64. The van der Waals surface area contributed by atoms with Gasteiger partial charge in [0, 0.05) is 42.9 Å². The fourth-order valence-corrected chi connectivity index (χ4v) is 5.99. The molecule has 0 spiro atoms. The minimum atomic E-state index is -0.162. The lowest BCUT2D eigenvalue weighted by Crippen LogP contribution is -2.38. The van der Waals surface area contributed by atoms with E-state index in [1.54, 1.807) is 12.3 Å². The lowest BCUT2D eigenvalue weighted by atomic mass is 9.97. The minimum absolute atomic E-state index is 0.0169. The molecule has 2 aromatic heterocycles. The number of ether oxygens (including phenoxy) is 1. The summed E-state index contributed by atoms with van der Waals surface area (Å²) in [7, 11) is 0. The molecule has 2 amide bonds. The highest BCUT2D eigenvalue weighted by Crippen LogP contribution is 2.31. The van der Waals surface area contributed by atoms with E-state index < -0.39 is 0 Å². The topological polar surface area (TPSA) is 84.4 Å². The number of nitrogens with one attached hydrogen (secondary N) is 1. The molecule has 3 aromatic rings. The summed E-state index contributed by atoms with van der Waals surface area (Å²) < 4.78 is 5.66. The summed E-state index contributed by atoms with van der Waals surface area (Å²) in [6.45, 7) is 8.14. The molecule has 9 heteroatoms. The molecule has 1 aliphatic rings. The van der Waals surface area contributed by atoms with Crippen LogP contribution < -0.4 is 10.1 Å². The van der Waals surface area contributed by atoms with Gasteiger partial charge in [0.05, 0.1) is 17.2 Å². The molecule has 37 heavy (non-hydrogen) atoms. The van der Waals surface area contributed by atoms with E-state index in [-0.39, 0.29) is 17.7 Å². The van der Waals surface area contributed by atoms with Crippen molar-refractivity contribution in [3.63, 3.8) is 0 Å². The number of thiazole rings is 1. The Morgan fingerprint density at radius 1 is 1.24 bits per heavy atom. The van der Waals surface area contributed by atoms with Crippen molar-refractivity contribution in [3.05, 3.63) is 82.5 Å². The Hall–Kier alpha value is -3.17. The second-order valence-corrected chi connectivity index (χ2v) is 10.5. The Morgan fingerprint density at radius 2 is 2.05 bits per heavy atom. The van der Waals surface area contributed by atoms with Crippen LogP contribution in [0.3, 0.4) is 0 Å². The van der Waals surface area contributed by atoms with Crippen LogP contribution in [0.2, 0.25) is 0 Å². The molecule has 0 bridgehead atoms. The number of piperidine rings is 1. The predicted molar refractivity (Wildman–Crippen MR) is 149 cm³/mol. The van der Waals surface area contributed by atoms with Crippen molar-refractivity contribution in [2.24, 2.45) is 0 Å². The Kier molecular flexibility index (Phi) is 9.73. The van der Waals surface area contributed by atoms with Gasteiger partial charge in [-0.15, -0.1) is 29.7 Å². The summed E-state index contributed by atoms with van der Waals surface area (Å²) in [5.74, 6) is 1.67. The highest BCUT2D eigenvalue weighted by Gasteiger charge is 2.28. The van der Waals surface area contributed by atoms with E-state index in [0.29, 0.717) is 49.7 Å². The first-order chi connectivity index (χ1) is 18.1. The number of carbonyl (C=O) groups is 2. The van der Waals surface area contributed by atoms with E-state index in [4.69, 9.17) is 4.74 Å². The molecule has 1 fully saturated rings. The van der Waals surface area contributed by atoms with Crippen LogP contribution in [0.25, 0.3) is 0 Å². The summed E-state index contributed by atoms with van der Waals surface area (Å²) in [5, 5.41) is 6.51. The van der Waals surface area contributed by atoms with Crippen LogP contribution in [0.15, 0.2) is 65.7 Å². The standard InChI is InChI=1S/C28H32N4O3S2/c1-3-18-36-27-22(9-7-14-30-27)28(34)32-16-12-21(13-17-32)26-31-23(19-37-26)25(33)29-15-11-20-8-5-6-10-24(20)35-4-2/h3,5-10,14,19,21H,1,4,11-13,15-18H2,2H3,(H,29,33). The third kappa shape index (κ3) is 6.99. The Labute approximate surface area is 226 Å². The van der Waals surface area contributed by atoms with Crippen molar-refractivity contribution in [1.29, 1.82) is 0 Å². The number of nitrogens with zero attached hydrogens (tertiary/aromatic N) is 3. The molecule has 194 valence electrons. The van der Waals surface area contributed by atoms with Gasteiger partial charge in [-0.3, -0.25) is 9.59 Å². The first-order valence-corrected chi connectivity index (χ1v) is 14.4. The highest BCUT2D eigenvalue weighted by molar-refractivity contribution is 7.99. The number of hydrogen-bond acceptors (Lipinski definition) is 7. The summed E-state index contributed by atoms with van der Waals surface area (Å²) in [6.07, 6.45) is 5.86. The van der Waals surface area contributed by atoms with Crippen molar-refractivity contribution in [2.75, 3.05) is 32.0 Å². The first-order valence-electron chi connectivity index (χ1n) is 12.5. The SMILES string of the molecule is C=CCSc1ncccc1C(=O)N1CCC(c2nc(C(=O)NCCc3ccccc3OCC)cs2)CC1. The van der Waals surface area contributed by atoms with Gasteiger partial charge in [-0.1, -0.05) is 24.3 Å². The molecule has 0 saturated carbocycles. The van der Waals surface area contributed by atoms with Crippen LogP contribution in [-0.4, -0.2) is 58.7 Å². The van der Waals surface area contributed by atoms with Gasteiger partial charge in [0.1, 0.15) is 16.5 Å². The van der Waals surface area contributed by atoms with Gasteiger partial charge in [0.15, 0.2) is 0 Å². The summed E-state index contributed by atoms with van der Waals surface area (Å²) in [6, 6.07) is 11.5. The number of rotatable bonds is 11. The maximum Gasteiger partial charge on any atom is 0.270 e. The number of thioether (sulfide) groups is 1. The van der Waals surface area contributed by atoms with Gasteiger partial charge in [0.2, 0.25) is 0 Å². The number of benzene rings is 1. The fourth-order valence-electron chi connectivity index (χ4n) is 4.29. The van der Waals surface area contributed by atoms with Crippen molar-refractivity contribution in [2.45, 2.75) is 37.1 Å². The minimum Gasteiger partial charge on any atom is -0.494 e. The van der Waals surface area contributed by atoms with Gasteiger partial charge >= 0.3 is 0 Å². The van der Waals surface area contributed by atoms with Gasteiger partial charge in [-0.25, -0.2) is 9.97 Å². The average molecular weight is 537 g/mol. The molecule has 1 saturated heterocycles. The maximum atomic E-state index is 13.2. The summed E-state index contributed by atoms with van der Waals surface area (Å²) >= 11 is 3.04. The Bertz CT molecular complexity index is 1220. The normalized spacial score (nSPS) is 13.8. The van der Waals surface area contributed by atoms with E-state index >= 15 is 0 Å². The third-order valence-corrected chi connectivity index (χ3v) is 8.19. The molecule has 7 nitrogen and oxygen atoms in total. The number of aromatic nitrogens is 2. The van der Waals surface area contributed by atoms with Crippen LogP contribution in [-0.2, 0) is 6.42 Å². The summed E-state index contributed by atoms with van der Waals surface area (Å²) in [5.41, 5.74) is 2.17. The zero-order chi connectivity index (χ0) is 26.0. The molecular weight excluding hydrogens is 504 g/mol. The van der Waals surface area contributed by atoms with Crippen LogP contribution in [0.1, 0.15) is 57.1 Å². The van der Waals surface area contributed by atoms with Crippen LogP contribution in [0, 0.1) is 0 Å². The van der Waals surface area contributed by atoms with Crippen molar-refractivity contribution in [1.82, 2.24) is 20.2 Å². The first kappa shape index (κ1) is 26.9. The molecule has 3 heterocycles. The summed E-state index contributed by atoms with van der Waals surface area (Å²) in [4.78, 5) is 36.7. The fraction of sp³-hybridized carbons (Fsp3) is 0.357. The zero-order valence-electron chi connectivity index (χ0n) is 21.0. The molecular formula is C28H32N4O3S2. The number of amides is 2. The van der Waals surface area contributed by atoms with E-state index in [9.17, 15) is 9.59 Å². The number of carbonyl (C=O) groups excluding carboxylic acids is 2. The predicted octanol–water partition coefficient (Wildman–Crippen LogP) is 5.21. The molecule has 1 aliphatic heterocycles. The van der Waals surface area contributed by atoms with Gasteiger partial charge in [0.25, 0.3) is 11.8 Å². The second kappa shape index (κ2) is 13.4. The lowest BCUT2D eigenvalue weighted by Gasteiger charge is -2.31. The smallest absolute Gasteiger partial charge is 0.270 e. The van der Waals surface area contributed by atoms with Crippen LogP contribution in [0.5, 0.6) is 5.75 Å². The average Bonchev–Trinajstić information content (AvgIpc) is 3.43. The molecule has 0 atom stereocenters. The van der Waals surface area contributed by atoms with Crippen molar-refractivity contribution < 1.29 is 14.3 Å². The number of hydrogen-bond donors (Lipinski definition) is 1. The lowest BCUT2D eigenvalue weighted by molar-refractivity contribution is 0.0708. The molecule has 1 N–H and O–H groups in total. The van der Waals surface area contributed by atoms with E-state index in [1.807, 2.05) is 53.6 Å². The van der Waals surface area contributed by atoms with Crippen molar-refractivity contribution >= 4 is 34.9 Å². The molecule has 0 radical (unpaired) electrons. The monoisotopic (exact) mass is 536 g/mol. The van der Waals surface area contributed by atoms with E-state index in [2.05, 4.69) is 21.9 Å². The van der Waals surface area contributed by atoms with Gasteiger partial charge in [-0.05, 0) is 49.9 Å². The largest absolute Gasteiger partial charge is 0.494 e. The zero-order valence-corrected chi connectivity index (χ0v) is 22.7. The number of para-hydroxylation sites is 1. The Balaban J connectivity index is 1.28. The molecule has 0 unspecified atom stereocenters. The van der Waals surface area contributed by atoms with Crippen molar-refractivity contribution in [3.8, 4) is 5.75 Å².